The lowest BCUT2D eigenvalue weighted by Crippen LogP contribution is -2.15. The van der Waals surface area contributed by atoms with Crippen LogP contribution in [0.4, 0.5) is 11.5 Å². The van der Waals surface area contributed by atoms with E-state index in [0.717, 1.165) is 19.0 Å². The van der Waals surface area contributed by atoms with Gasteiger partial charge in [0.05, 0.1) is 20.4 Å². The van der Waals surface area contributed by atoms with Crippen molar-refractivity contribution in [1.82, 2.24) is 9.97 Å². The van der Waals surface area contributed by atoms with Crippen molar-refractivity contribution in [2.24, 2.45) is 0 Å². The van der Waals surface area contributed by atoms with Crippen molar-refractivity contribution in [3.05, 3.63) is 41.0 Å². The van der Waals surface area contributed by atoms with Gasteiger partial charge in [0, 0.05) is 11.9 Å². The van der Waals surface area contributed by atoms with Crippen molar-refractivity contribution < 1.29 is 9.59 Å². The number of rotatable bonds is 6. The maximum absolute atomic E-state index is 12.1. The largest absolute Gasteiger partial charge is 0.325 e. The fourth-order valence-corrected chi connectivity index (χ4v) is 4.34. The number of halogens is 2. The van der Waals surface area contributed by atoms with Crippen molar-refractivity contribution in [2.75, 3.05) is 22.3 Å². The SMILES string of the molecule is O=C(CCl)Nc1ccc2nc(SCC(=O)Nc3ncccc3Br)sc2c1. The molecule has 0 aliphatic carbocycles. The quantitative estimate of drug-likeness (QED) is 0.412. The standard InChI is InChI=1S/C16H12BrClN4O2S2/c17-10-2-1-5-19-15(10)22-14(24)8-25-16-21-11-4-3-9(6-12(11)26-16)20-13(23)7-18/h1-6H,7-8H2,(H,20,23)(H,19,22,24). The molecule has 2 aromatic heterocycles. The predicted octanol–water partition coefficient (Wildman–Crippen LogP) is 4.36. The summed E-state index contributed by atoms with van der Waals surface area (Å²) in [6.07, 6.45) is 1.61. The van der Waals surface area contributed by atoms with E-state index in [1.54, 1.807) is 18.3 Å². The van der Waals surface area contributed by atoms with E-state index in [0.29, 0.717) is 11.5 Å². The summed E-state index contributed by atoms with van der Waals surface area (Å²) in [4.78, 5) is 32.0. The molecule has 2 heterocycles. The second kappa shape index (κ2) is 8.81. The summed E-state index contributed by atoms with van der Waals surface area (Å²) in [7, 11) is 0. The molecular formula is C16H12BrClN4O2S2. The maximum atomic E-state index is 12.1. The lowest BCUT2D eigenvalue weighted by Gasteiger charge is -2.04. The molecule has 0 fully saturated rings. The van der Waals surface area contributed by atoms with Crippen molar-refractivity contribution >= 4 is 84.2 Å². The zero-order chi connectivity index (χ0) is 18.5. The number of nitrogens with zero attached hydrogens (tertiary/aromatic N) is 2. The Bertz CT molecular complexity index is 966. The molecule has 0 unspecified atom stereocenters. The molecule has 2 N–H and O–H groups in total. The lowest BCUT2D eigenvalue weighted by atomic mass is 10.3. The Morgan fingerprint density at radius 2 is 2.08 bits per heavy atom. The molecule has 0 spiro atoms. The van der Waals surface area contributed by atoms with Crippen LogP contribution in [0, 0.1) is 0 Å². The second-order valence-electron chi connectivity index (χ2n) is 5.01. The number of aromatic nitrogens is 2. The summed E-state index contributed by atoms with van der Waals surface area (Å²) in [6.45, 7) is 0. The zero-order valence-corrected chi connectivity index (χ0v) is 17.1. The third kappa shape index (κ3) is 4.94. The van der Waals surface area contributed by atoms with E-state index in [1.165, 1.54) is 23.1 Å². The molecular weight excluding hydrogens is 460 g/mol. The molecule has 0 aliphatic rings. The normalized spacial score (nSPS) is 10.7. The number of hydrogen-bond donors (Lipinski definition) is 2. The Kier molecular flexibility index (Phi) is 6.47. The summed E-state index contributed by atoms with van der Waals surface area (Å²) >= 11 is 11.6. The molecule has 1 aromatic carbocycles. The molecule has 0 saturated heterocycles. The molecule has 134 valence electrons. The van der Waals surface area contributed by atoms with Crippen molar-refractivity contribution in [2.45, 2.75) is 4.34 Å². The Morgan fingerprint density at radius 1 is 1.23 bits per heavy atom. The average Bonchev–Trinajstić information content (AvgIpc) is 3.04. The Hall–Kier alpha value is -1.68. The van der Waals surface area contributed by atoms with Gasteiger partial charge in [0.1, 0.15) is 11.7 Å². The van der Waals surface area contributed by atoms with Gasteiger partial charge < -0.3 is 10.6 Å². The zero-order valence-electron chi connectivity index (χ0n) is 13.2. The van der Waals surface area contributed by atoms with Gasteiger partial charge in [-0.05, 0) is 46.3 Å². The van der Waals surface area contributed by atoms with E-state index in [2.05, 4.69) is 36.5 Å². The molecule has 0 aliphatic heterocycles. The first-order chi connectivity index (χ1) is 12.5. The molecule has 3 aromatic rings. The first-order valence-corrected chi connectivity index (χ1v) is 10.5. The highest BCUT2D eigenvalue weighted by atomic mass is 79.9. The summed E-state index contributed by atoms with van der Waals surface area (Å²) < 4.78 is 2.42. The van der Waals surface area contributed by atoms with E-state index in [4.69, 9.17) is 11.6 Å². The van der Waals surface area contributed by atoms with Crippen molar-refractivity contribution in [3.8, 4) is 0 Å². The van der Waals surface area contributed by atoms with Crippen LogP contribution in [0.25, 0.3) is 10.2 Å². The number of anilines is 2. The number of carbonyl (C=O) groups is 2. The number of amides is 2. The smallest absolute Gasteiger partial charge is 0.239 e. The Balaban J connectivity index is 1.63. The van der Waals surface area contributed by atoms with Gasteiger partial charge in [-0.25, -0.2) is 9.97 Å². The van der Waals surface area contributed by atoms with Crippen LogP contribution in [0.5, 0.6) is 0 Å². The minimum atomic E-state index is -0.262. The van der Waals surface area contributed by atoms with Gasteiger partial charge in [-0.2, -0.15) is 0 Å². The molecule has 6 nitrogen and oxygen atoms in total. The van der Waals surface area contributed by atoms with Crippen LogP contribution in [-0.4, -0.2) is 33.4 Å². The molecule has 26 heavy (non-hydrogen) atoms. The summed E-state index contributed by atoms with van der Waals surface area (Å²) in [5.41, 5.74) is 1.48. The second-order valence-corrected chi connectivity index (χ2v) is 8.39. The third-order valence-electron chi connectivity index (χ3n) is 3.12. The Morgan fingerprint density at radius 3 is 2.85 bits per heavy atom. The first kappa shape index (κ1) is 19.1. The fourth-order valence-electron chi connectivity index (χ4n) is 2.01. The number of pyridine rings is 1. The monoisotopic (exact) mass is 470 g/mol. The summed E-state index contributed by atoms with van der Waals surface area (Å²) in [5.74, 6) is 0.190. The summed E-state index contributed by atoms with van der Waals surface area (Å²) in [6, 6.07) is 9.02. The number of carbonyl (C=O) groups excluding carboxylic acids is 2. The van der Waals surface area contributed by atoms with Crippen LogP contribution in [-0.2, 0) is 9.59 Å². The van der Waals surface area contributed by atoms with E-state index >= 15 is 0 Å². The minimum Gasteiger partial charge on any atom is -0.325 e. The fraction of sp³-hybridized carbons (Fsp3) is 0.125. The molecule has 0 atom stereocenters. The molecule has 2 amide bonds. The average molecular weight is 472 g/mol. The van der Waals surface area contributed by atoms with E-state index in [1.807, 2.05) is 18.2 Å². The number of alkyl halides is 1. The van der Waals surface area contributed by atoms with Crippen LogP contribution < -0.4 is 10.6 Å². The summed E-state index contributed by atoms with van der Waals surface area (Å²) in [5, 5.41) is 5.45. The van der Waals surface area contributed by atoms with Gasteiger partial charge in [-0.15, -0.1) is 22.9 Å². The van der Waals surface area contributed by atoms with Gasteiger partial charge in [-0.3, -0.25) is 9.59 Å². The number of thiazole rings is 1. The van der Waals surface area contributed by atoms with Gasteiger partial charge in [0.15, 0.2) is 4.34 Å². The number of fused-ring (bicyclic) bond motifs is 1. The van der Waals surface area contributed by atoms with Crippen molar-refractivity contribution in [1.29, 1.82) is 0 Å². The predicted molar refractivity (Wildman–Crippen MR) is 110 cm³/mol. The van der Waals surface area contributed by atoms with E-state index < -0.39 is 0 Å². The van der Waals surface area contributed by atoms with Crippen LogP contribution in [0.3, 0.4) is 0 Å². The minimum absolute atomic E-state index is 0.0939. The number of nitrogens with one attached hydrogen (secondary N) is 2. The number of hydrogen-bond acceptors (Lipinski definition) is 6. The maximum Gasteiger partial charge on any atom is 0.239 e. The Labute approximate surface area is 170 Å². The van der Waals surface area contributed by atoms with E-state index in [9.17, 15) is 9.59 Å². The molecule has 10 heteroatoms. The topological polar surface area (TPSA) is 84.0 Å². The van der Waals surface area contributed by atoms with Crippen LogP contribution >= 0.6 is 50.6 Å². The van der Waals surface area contributed by atoms with Gasteiger partial charge in [0.2, 0.25) is 11.8 Å². The van der Waals surface area contributed by atoms with Crippen LogP contribution in [0.1, 0.15) is 0 Å². The van der Waals surface area contributed by atoms with Crippen molar-refractivity contribution in [3.63, 3.8) is 0 Å². The van der Waals surface area contributed by atoms with Gasteiger partial charge >= 0.3 is 0 Å². The van der Waals surface area contributed by atoms with E-state index in [-0.39, 0.29) is 23.4 Å². The molecule has 3 rings (SSSR count). The van der Waals surface area contributed by atoms with Crippen LogP contribution in [0.2, 0.25) is 0 Å². The van der Waals surface area contributed by atoms with Gasteiger partial charge in [-0.1, -0.05) is 11.8 Å². The molecule has 0 saturated carbocycles. The lowest BCUT2D eigenvalue weighted by molar-refractivity contribution is -0.114. The number of thioether (sulfide) groups is 1. The van der Waals surface area contributed by atoms with Gasteiger partial charge in [0.25, 0.3) is 0 Å². The highest BCUT2D eigenvalue weighted by Crippen LogP contribution is 2.31. The van der Waals surface area contributed by atoms with Crippen LogP contribution in [0.15, 0.2) is 45.3 Å². The molecule has 0 bridgehead atoms. The number of benzene rings is 1. The highest BCUT2D eigenvalue weighted by Gasteiger charge is 2.11. The highest BCUT2D eigenvalue weighted by molar-refractivity contribution is 9.10. The third-order valence-corrected chi connectivity index (χ3v) is 6.16. The first-order valence-electron chi connectivity index (χ1n) is 7.35. The molecule has 0 radical (unpaired) electrons.